The van der Waals surface area contributed by atoms with Crippen molar-refractivity contribution in [2.75, 3.05) is 24.2 Å². The molecule has 1 aliphatic rings. The van der Waals surface area contributed by atoms with Gasteiger partial charge in [-0.05, 0) is 40.2 Å². The standard InChI is InChI=1S/C13H23N5/c1-13(2,8-14-3)18-12-7-11(15-9-16-12)17-10-5-4-6-10/h7,9-10,14H,4-6,8H2,1-3H3,(H2,15,16,17,18). The molecule has 100 valence electrons. The summed E-state index contributed by atoms with van der Waals surface area (Å²) in [7, 11) is 1.95. The van der Waals surface area contributed by atoms with Crippen molar-refractivity contribution in [1.82, 2.24) is 15.3 Å². The van der Waals surface area contributed by atoms with Crippen molar-refractivity contribution in [2.45, 2.75) is 44.7 Å². The molecule has 1 fully saturated rings. The van der Waals surface area contributed by atoms with E-state index in [9.17, 15) is 0 Å². The monoisotopic (exact) mass is 249 g/mol. The second kappa shape index (κ2) is 5.52. The van der Waals surface area contributed by atoms with Crippen LogP contribution in [0, 0.1) is 0 Å². The van der Waals surface area contributed by atoms with E-state index in [1.165, 1.54) is 19.3 Å². The lowest BCUT2D eigenvalue weighted by molar-refractivity contribution is 0.444. The number of nitrogens with zero attached hydrogens (tertiary/aromatic N) is 2. The molecule has 0 saturated heterocycles. The fourth-order valence-electron chi connectivity index (χ4n) is 2.10. The predicted octanol–water partition coefficient (Wildman–Crippen LogP) is 1.85. The minimum atomic E-state index is -0.0309. The highest BCUT2D eigenvalue weighted by atomic mass is 15.1. The Morgan fingerprint density at radius 1 is 1.28 bits per heavy atom. The highest BCUT2D eigenvalue weighted by molar-refractivity contribution is 5.48. The van der Waals surface area contributed by atoms with Crippen molar-refractivity contribution in [2.24, 2.45) is 0 Å². The fraction of sp³-hybridized carbons (Fsp3) is 0.692. The lowest BCUT2D eigenvalue weighted by Crippen LogP contribution is -2.41. The van der Waals surface area contributed by atoms with Crippen LogP contribution in [0.5, 0.6) is 0 Å². The van der Waals surface area contributed by atoms with Gasteiger partial charge >= 0.3 is 0 Å². The quantitative estimate of drug-likeness (QED) is 0.718. The van der Waals surface area contributed by atoms with Gasteiger partial charge in [0, 0.05) is 24.2 Å². The van der Waals surface area contributed by atoms with Crippen LogP contribution in [-0.4, -0.2) is 35.1 Å². The summed E-state index contributed by atoms with van der Waals surface area (Å²) in [5, 5.41) is 10.0. The van der Waals surface area contributed by atoms with Gasteiger partial charge in [-0.2, -0.15) is 0 Å². The number of hydrogen-bond donors (Lipinski definition) is 3. The molecule has 0 atom stereocenters. The van der Waals surface area contributed by atoms with Crippen molar-refractivity contribution in [3.63, 3.8) is 0 Å². The first kappa shape index (κ1) is 13.1. The van der Waals surface area contributed by atoms with Crippen molar-refractivity contribution >= 4 is 11.6 Å². The van der Waals surface area contributed by atoms with Gasteiger partial charge in [0.05, 0.1) is 0 Å². The molecule has 0 radical (unpaired) electrons. The van der Waals surface area contributed by atoms with Crippen LogP contribution < -0.4 is 16.0 Å². The normalized spacial score (nSPS) is 16.2. The Morgan fingerprint density at radius 3 is 2.61 bits per heavy atom. The molecule has 5 heteroatoms. The molecule has 0 spiro atoms. The van der Waals surface area contributed by atoms with Crippen molar-refractivity contribution in [1.29, 1.82) is 0 Å². The second-order valence-corrected chi connectivity index (χ2v) is 5.60. The number of rotatable bonds is 6. The van der Waals surface area contributed by atoms with Gasteiger partial charge in [-0.1, -0.05) is 0 Å². The molecule has 1 aromatic heterocycles. The van der Waals surface area contributed by atoms with E-state index in [4.69, 9.17) is 0 Å². The van der Waals surface area contributed by atoms with Crippen molar-refractivity contribution < 1.29 is 0 Å². The largest absolute Gasteiger partial charge is 0.367 e. The Balaban J connectivity index is 1.97. The summed E-state index contributed by atoms with van der Waals surface area (Å²) in [6.45, 7) is 5.16. The maximum Gasteiger partial charge on any atom is 0.131 e. The molecule has 18 heavy (non-hydrogen) atoms. The van der Waals surface area contributed by atoms with E-state index in [0.29, 0.717) is 6.04 Å². The lowest BCUT2D eigenvalue weighted by atomic mass is 9.93. The van der Waals surface area contributed by atoms with Gasteiger partial charge in [-0.25, -0.2) is 9.97 Å². The lowest BCUT2D eigenvalue weighted by Gasteiger charge is -2.28. The number of likely N-dealkylation sites (N-methyl/N-ethyl adjacent to an activating group) is 1. The van der Waals surface area contributed by atoms with Gasteiger partial charge in [0.15, 0.2) is 0 Å². The van der Waals surface area contributed by atoms with E-state index in [1.54, 1.807) is 6.33 Å². The van der Waals surface area contributed by atoms with Crippen molar-refractivity contribution in [3.8, 4) is 0 Å². The molecular formula is C13H23N5. The Morgan fingerprint density at radius 2 is 2.00 bits per heavy atom. The zero-order valence-electron chi connectivity index (χ0n) is 11.5. The van der Waals surface area contributed by atoms with Gasteiger partial charge in [0.25, 0.3) is 0 Å². The molecule has 2 rings (SSSR count). The van der Waals surface area contributed by atoms with Gasteiger partial charge in [-0.3, -0.25) is 0 Å². The average Bonchev–Trinajstić information content (AvgIpc) is 2.23. The summed E-state index contributed by atoms with van der Waals surface area (Å²) in [6, 6.07) is 2.58. The third kappa shape index (κ3) is 3.57. The topological polar surface area (TPSA) is 61.9 Å². The molecule has 0 aromatic carbocycles. The Bertz CT molecular complexity index is 387. The van der Waals surface area contributed by atoms with Crippen LogP contribution in [0.1, 0.15) is 33.1 Å². The Hall–Kier alpha value is -1.36. The molecule has 0 aliphatic heterocycles. The molecule has 3 N–H and O–H groups in total. The Labute approximate surface area is 109 Å². The molecule has 5 nitrogen and oxygen atoms in total. The van der Waals surface area contributed by atoms with E-state index in [2.05, 4.69) is 39.8 Å². The van der Waals surface area contributed by atoms with Crippen molar-refractivity contribution in [3.05, 3.63) is 12.4 Å². The molecule has 1 aromatic rings. The van der Waals surface area contributed by atoms with Gasteiger partial charge in [0.1, 0.15) is 18.0 Å². The summed E-state index contributed by atoms with van der Waals surface area (Å²) in [4.78, 5) is 8.53. The average molecular weight is 249 g/mol. The smallest absolute Gasteiger partial charge is 0.131 e. The van der Waals surface area contributed by atoms with Crippen LogP contribution in [0.4, 0.5) is 11.6 Å². The molecule has 0 bridgehead atoms. The van der Waals surface area contributed by atoms with Crippen LogP contribution in [0.25, 0.3) is 0 Å². The zero-order valence-corrected chi connectivity index (χ0v) is 11.5. The number of hydrogen-bond acceptors (Lipinski definition) is 5. The zero-order chi connectivity index (χ0) is 13.0. The van der Waals surface area contributed by atoms with Crippen LogP contribution in [-0.2, 0) is 0 Å². The Kier molecular flexibility index (Phi) is 4.01. The summed E-state index contributed by atoms with van der Waals surface area (Å²) >= 11 is 0. The maximum absolute atomic E-state index is 4.27. The number of anilines is 2. The first-order valence-corrected chi connectivity index (χ1v) is 6.60. The molecule has 1 heterocycles. The second-order valence-electron chi connectivity index (χ2n) is 5.60. The number of aromatic nitrogens is 2. The van der Waals surface area contributed by atoms with E-state index in [1.807, 2.05) is 13.1 Å². The van der Waals surface area contributed by atoms with E-state index >= 15 is 0 Å². The van der Waals surface area contributed by atoms with Crippen LogP contribution in [0.2, 0.25) is 0 Å². The summed E-state index contributed by atoms with van der Waals surface area (Å²) < 4.78 is 0. The summed E-state index contributed by atoms with van der Waals surface area (Å²) in [6.07, 6.45) is 5.43. The van der Waals surface area contributed by atoms with Crippen LogP contribution in [0.3, 0.4) is 0 Å². The van der Waals surface area contributed by atoms with E-state index in [-0.39, 0.29) is 5.54 Å². The van der Waals surface area contributed by atoms with Gasteiger partial charge in [-0.15, -0.1) is 0 Å². The SMILES string of the molecule is CNCC(C)(C)Nc1cc(NC2CCC2)ncn1. The molecular weight excluding hydrogens is 226 g/mol. The van der Waals surface area contributed by atoms with Crippen LogP contribution >= 0.6 is 0 Å². The highest BCUT2D eigenvalue weighted by Gasteiger charge is 2.19. The van der Waals surface area contributed by atoms with Gasteiger partial charge < -0.3 is 16.0 Å². The molecule has 1 saturated carbocycles. The highest BCUT2D eigenvalue weighted by Crippen LogP contribution is 2.23. The third-order valence-electron chi connectivity index (χ3n) is 3.21. The molecule has 0 unspecified atom stereocenters. The first-order chi connectivity index (χ1) is 8.59. The summed E-state index contributed by atoms with van der Waals surface area (Å²) in [5.41, 5.74) is -0.0309. The summed E-state index contributed by atoms with van der Waals surface area (Å²) in [5.74, 6) is 1.78. The minimum Gasteiger partial charge on any atom is -0.367 e. The van der Waals surface area contributed by atoms with Gasteiger partial charge in [0.2, 0.25) is 0 Å². The predicted molar refractivity (Wildman–Crippen MR) is 74.9 cm³/mol. The maximum atomic E-state index is 4.27. The van der Waals surface area contributed by atoms with Crippen LogP contribution in [0.15, 0.2) is 12.4 Å². The molecule has 1 aliphatic carbocycles. The minimum absolute atomic E-state index is 0.0309. The van der Waals surface area contributed by atoms with E-state index in [0.717, 1.165) is 18.2 Å². The first-order valence-electron chi connectivity index (χ1n) is 6.60. The molecule has 0 amide bonds. The third-order valence-corrected chi connectivity index (χ3v) is 3.21. The fourth-order valence-corrected chi connectivity index (χ4v) is 2.10. The number of nitrogens with one attached hydrogen (secondary N) is 3. The van der Waals surface area contributed by atoms with E-state index < -0.39 is 0 Å².